The van der Waals surface area contributed by atoms with E-state index in [0.717, 1.165) is 0 Å². The lowest BCUT2D eigenvalue weighted by atomic mass is 10.2. The van der Waals surface area contributed by atoms with Crippen molar-refractivity contribution in [2.75, 3.05) is 0 Å². The van der Waals surface area contributed by atoms with E-state index < -0.39 is 22.6 Å². The zero-order valence-electron chi connectivity index (χ0n) is 11.7. The third-order valence-electron chi connectivity index (χ3n) is 2.17. The molecule has 0 N–H and O–H groups in total. The van der Waals surface area contributed by atoms with Gasteiger partial charge in [0.15, 0.2) is 6.10 Å². The molecular formula is C13H16ClNO5. The van der Waals surface area contributed by atoms with Crippen LogP contribution in [0.3, 0.4) is 0 Å². The van der Waals surface area contributed by atoms with Gasteiger partial charge in [-0.15, -0.1) is 0 Å². The predicted molar refractivity (Wildman–Crippen MR) is 74.0 cm³/mol. The number of nitrogens with zero attached hydrogens (tertiary/aromatic N) is 1. The molecule has 0 fully saturated rings. The molecule has 1 rings (SSSR count). The first kappa shape index (κ1) is 16.2. The van der Waals surface area contributed by atoms with E-state index in [2.05, 4.69) is 0 Å². The summed E-state index contributed by atoms with van der Waals surface area (Å²) in [6.07, 6.45) is -0.841. The topological polar surface area (TPSA) is 78.7 Å². The molecule has 1 aromatic rings. The predicted octanol–water partition coefficient (Wildman–Crippen LogP) is 3.36. The minimum Gasteiger partial charge on any atom is -0.479 e. The summed E-state index contributed by atoms with van der Waals surface area (Å²) < 4.78 is 10.5. The van der Waals surface area contributed by atoms with Crippen molar-refractivity contribution in [3.8, 4) is 5.75 Å². The Bertz CT molecular complexity index is 524. The fourth-order valence-electron chi connectivity index (χ4n) is 1.35. The molecule has 1 atom stereocenters. The normalized spacial score (nSPS) is 12.7. The molecule has 0 bridgehead atoms. The summed E-state index contributed by atoms with van der Waals surface area (Å²) in [5, 5.41) is 10.6. The van der Waals surface area contributed by atoms with Crippen molar-refractivity contribution in [2.45, 2.75) is 39.4 Å². The van der Waals surface area contributed by atoms with E-state index in [1.807, 2.05) is 0 Å². The molecule has 0 heterocycles. The van der Waals surface area contributed by atoms with E-state index in [9.17, 15) is 14.9 Å². The molecule has 0 aromatic heterocycles. The average molecular weight is 302 g/mol. The Morgan fingerprint density at radius 2 is 2.00 bits per heavy atom. The third-order valence-corrected chi connectivity index (χ3v) is 2.47. The monoisotopic (exact) mass is 301 g/mol. The second kappa shape index (κ2) is 6.09. The molecule has 7 heteroatoms. The van der Waals surface area contributed by atoms with Crippen LogP contribution in [0.5, 0.6) is 5.75 Å². The summed E-state index contributed by atoms with van der Waals surface area (Å²) in [6, 6.07) is 3.89. The Balaban J connectivity index is 2.76. The number of rotatable bonds is 4. The number of carbonyl (C=O) groups is 1. The van der Waals surface area contributed by atoms with Gasteiger partial charge in [-0.1, -0.05) is 11.6 Å². The van der Waals surface area contributed by atoms with Crippen LogP contribution in [0.2, 0.25) is 5.02 Å². The Labute approximate surface area is 121 Å². The van der Waals surface area contributed by atoms with Crippen molar-refractivity contribution in [3.63, 3.8) is 0 Å². The average Bonchev–Trinajstić information content (AvgIpc) is 2.26. The molecule has 1 unspecified atom stereocenters. The number of halogens is 1. The van der Waals surface area contributed by atoms with Crippen LogP contribution < -0.4 is 4.74 Å². The summed E-state index contributed by atoms with van der Waals surface area (Å²) in [4.78, 5) is 21.8. The third kappa shape index (κ3) is 4.70. The van der Waals surface area contributed by atoms with Crippen molar-refractivity contribution in [1.29, 1.82) is 0 Å². The van der Waals surface area contributed by atoms with Crippen LogP contribution in [-0.4, -0.2) is 22.6 Å². The quantitative estimate of drug-likeness (QED) is 0.484. The first-order chi connectivity index (χ1) is 9.10. The maximum Gasteiger partial charge on any atom is 0.347 e. The molecule has 110 valence electrons. The second-order valence-electron chi connectivity index (χ2n) is 5.16. The maximum atomic E-state index is 11.7. The summed E-state index contributed by atoms with van der Waals surface area (Å²) in [7, 11) is 0. The number of benzene rings is 1. The SMILES string of the molecule is CC(Oc1ccc([N+](=O)[O-])c(Cl)c1)C(=O)OC(C)(C)C. The molecule has 0 spiro atoms. The van der Waals surface area contributed by atoms with Gasteiger partial charge in [-0.05, 0) is 33.8 Å². The molecule has 0 amide bonds. The summed E-state index contributed by atoms with van der Waals surface area (Å²) >= 11 is 5.76. The van der Waals surface area contributed by atoms with Crippen LogP contribution in [-0.2, 0) is 9.53 Å². The van der Waals surface area contributed by atoms with E-state index in [1.165, 1.54) is 25.1 Å². The Hall–Kier alpha value is -1.82. The van der Waals surface area contributed by atoms with E-state index in [0.29, 0.717) is 0 Å². The van der Waals surface area contributed by atoms with Crippen LogP contribution >= 0.6 is 11.6 Å². The summed E-state index contributed by atoms with van der Waals surface area (Å²) in [6.45, 7) is 6.78. The number of nitro groups is 1. The van der Waals surface area contributed by atoms with Crippen molar-refractivity contribution in [1.82, 2.24) is 0 Å². The minimum atomic E-state index is -0.841. The van der Waals surface area contributed by atoms with E-state index in [-0.39, 0.29) is 16.5 Å². The molecule has 0 aliphatic carbocycles. The fourth-order valence-corrected chi connectivity index (χ4v) is 1.59. The molecule has 6 nitrogen and oxygen atoms in total. The van der Waals surface area contributed by atoms with Crippen LogP contribution in [0, 0.1) is 10.1 Å². The van der Waals surface area contributed by atoms with Gasteiger partial charge in [0.2, 0.25) is 0 Å². The summed E-state index contributed by atoms with van der Waals surface area (Å²) in [5.74, 6) is -0.258. The Morgan fingerprint density at radius 3 is 2.45 bits per heavy atom. The van der Waals surface area contributed by atoms with Crippen LogP contribution in [0.4, 0.5) is 5.69 Å². The highest BCUT2D eigenvalue weighted by molar-refractivity contribution is 6.32. The molecule has 0 radical (unpaired) electrons. The van der Waals surface area contributed by atoms with Gasteiger partial charge in [0.25, 0.3) is 5.69 Å². The second-order valence-corrected chi connectivity index (χ2v) is 5.57. The zero-order chi connectivity index (χ0) is 15.5. The zero-order valence-corrected chi connectivity index (χ0v) is 12.4. The number of hydrogen-bond donors (Lipinski definition) is 0. The van der Waals surface area contributed by atoms with Gasteiger partial charge >= 0.3 is 5.97 Å². The largest absolute Gasteiger partial charge is 0.479 e. The lowest BCUT2D eigenvalue weighted by Gasteiger charge is -2.22. The van der Waals surface area contributed by atoms with Crippen LogP contribution in [0.25, 0.3) is 0 Å². The molecule has 0 aliphatic rings. The van der Waals surface area contributed by atoms with Gasteiger partial charge in [0, 0.05) is 12.1 Å². The van der Waals surface area contributed by atoms with Gasteiger partial charge in [0.05, 0.1) is 4.92 Å². The van der Waals surface area contributed by atoms with E-state index >= 15 is 0 Å². The molecule has 0 saturated carbocycles. The fraction of sp³-hybridized carbons (Fsp3) is 0.462. The van der Waals surface area contributed by atoms with Crippen molar-refractivity contribution in [3.05, 3.63) is 33.3 Å². The number of esters is 1. The number of nitro benzene ring substituents is 1. The lowest BCUT2D eigenvalue weighted by molar-refractivity contribution is -0.384. The molecule has 20 heavy (non-hydrogen) atoms. The number of carbonyl (C=O) groups excluding carboxylic acids is 1. The van der Waals surface area contributed by atoms with Crippen molar-refractivity contribution < 1.29 is 19.2 Å². The van der Waals surface area contributed by atoms with Gasteiger partial charge in [-0.25, -0.2) is 4.79 Å². The highest BCUT2D eigenvalue weighted by Crippen LogP contribution is 2.29. The molecular weight excluding hydrogens is 286 g/mol. The maximum absolute atomic E-state index is 11.7. The lowest BCUT2D eigenvalue weighted by Crippen LogP contribution is -2.33. The van der Waals surface area contributed by atoms with E-state index in [1.54, 1.807) is 20.8 Å². The highest BCUT2D eigenvalue weighted by Gasteiger charge is 2.23. The van der Waals surface area contributed by atoms with Gasteiger partial charge in [-0.2, -0.15) is 0 Å². The standard InChI is InChI=1S/C13H16ClNO5/c1-8(12(16)20-13(2,3)4)19-9-5-6-11(15(17)18)10(14)7-9/h5-8H,1-4H3. The van der Waals surface area contributed by atoms with Crippen molar-refractivity contribution >= 4 is 23.3 Å². The molecule has 0 saturated heterocycles. The number of hydrogen-bond acceptors (Lipinski definition) is 5. The van der Waals surface area contributed by atoms with E-state index in [4.69, 9.17) is 21.1 Å². The van der Waals surface area contributed by atoms with Crippen LogP contribution in [0.1, 0.15) is 27.7 Å². The molecule has 0 aliphatic heterocycles. The highest BCUT2D eigenvalue weighted by atomic mass is 35.5. The smallest absolute Gasteiger partial charge is 0.347 e. The van der Waals surface area contributed by atoms with Crippen LogP contribution in [0.15, 0.2) is 18.2 Å². The van der Waals surface area contributed by atoms with Crippen molar-refractivity contribution in [2.24, 2.45) is 0 Å². The molecule has 1 aromatic carbocycles. The Morgan fingerprint density at radius 1 is 1.40 bits per heavy atom. The first-order valence-electron chi connectivity index (χ1n) is 5.93. The first-order valence-corrected chi connectivity index (χ1v) is 6.31. The number of ether oxygens (including phenoxy) is 2. The summed E-state index contributed by atoms with van der Waals surface area (Å²) in [5.41, 5.74) is -0.828. The van der Waals surface area contributed by atoms with Gasteiger partial charge in [0.1, 0.15) is 16.4 Å². The Kier molecular flexibility index (Phi) is 4.94. The minimum absolute atomic E-state index is 0.0520. The van der Waals surface area contributed by atoms with Gasteiger partial charge < -0.3 is 9.47 Å². The van der Waals surface area contributed by atoms with Gasteiger partial charge in [-0.3, -0.25) is 10.1 Å².